The highest BCUT2D eigenvalue weighted by Gasteiger charge is 2.35. The Hall–Kier alpha value is -4.54. The number of hydrogen-bond acceptors (Lipinski definition) is 6. The maximum absolute atomic E-state index is 14.3. The molecular weight excluding hydrogens is 621 g/mol. The molecule has 2 aromatic heterocycles. The molecule has 0 radical (unpaired) electrons. The van der Waals surface area contributed by atoms with Crippen LogP contribution in [0.15, 0.2) is 101 Å². The SMILES string of the molecule is COc1ccc2c(c1)cc(C1CCc3c(c4cc(OC)ccc4n3S(=O)(=O)c3ccc(C)cc3)C1)n2S(=O)(=O)c1ccc(C)cc1. The number of hydrogen-bond donors (Lipinski definition) is 0. The quantitative estimate of drug-likeness (QED) is 0.184. The summed E-state index contributed by atoms with van der Waals surface area (Å²) in [6.45, 7) is 3.84. The minimum atomic E-state index is -3.97. The minimum absolute atomic E-state index is 0.203. The third-order valence-corrected chi connectivity index (χ3v) is 12.6. The lowest BCUT2D eigenvalue weighted by Gasteiger charge is -2.25. The molecule has 4 aromatic carbocycles. The number of nitrogens with zero attached hydrogens (tertiary/aromatic N) is 2. The van der Waals surface area contributed by atoms with Gasteiger partial charge in [0.1, 0.15) is 11.5 Å². The summed E-state index contributed by atoms with van der Waals surface area (Å²) in [5.74, 6) is 1.04. The molecule has 2 heterocycles. The molecule has 6 aromatic rings. The van der Waals surface area contributed by atoms with Crippen molar-refractivity contribution in [1.82, 2.24) is 7.94 Å². The van der Waals surface area contributed by atoms with Crippen molar-refractivity contribution < 1.29 is 26.3 Å². The molecule has 0 aliphatic heterocycles. The smallest absolute Gasteiger partial charge is 0.268 e. The molecule has 236 valence electrons. The molecule has 1 aliphatic rings. The molecule has 0 N–H and O–H groups in total. The number of ether oxygens (including phenoxy) is 2. The van der Waals surface area contributed by atoms with E-state index in [4.69, 9.17) is 9.47 Å². The minimum Gasteiger partial charge on any atom is -0.497 e. The molecule has 0 saturated heterocycles. The van der Waals surface area contributed by atoms with Crippen LogP contribution in [0.4, 0.5) is 0 Å². The van der Waals surface area contributed by atoms with Gasteiger partial charge in [-0.05, 0) is 105 Å². The van der Waals surface area contributed by atoms with Crippen molar-refractivity contribution >= 4 is 41.9 Å². The van der Waals surface area contributed by atoms with E-state index < -0.39 is 20.0 Å². The molecule has 8 nitrogen and oxygen atoms in total. The molecule has 1 atom stereocenters. The largest absolute Gasteiger partial charge is 0.497 e. The first-order chi connectivity index (χ1) is 22.0. The topological polar surface area (TPSA) is 96.6 Å². The van der Waals surface area contributed by atoms with Crippen LogP contribution in [0.5, 0.6) is 11.5 Å². The average molecular weight is 655 g/mol. The molecule has 46 heavy (non-hydrogen) atoms. The van der Waals surface area contributed by atoms with Gasteiger partial charge in [-0.3, -0.25) is 0 Å². The van der Waals surface area contributed by atoms with Crippen molar-refractivity contribution in [3.05, 3.63) is 119 Å². The second-order valence-corrected chi connectivity index (χ2v) is 15.5. The fourth-order valence-electron chi connectivity index (χ4n) is 6.65. The van der Waals surface area contributed by atoms with E-state index >= 15 is 0 Å². The Morgan fingerprint density at radius 2 is 1.20 bits per heavy atom. The summed E-state index contributed by atoms with van der Waals surface area (Å²) in [6, 6.07) is 26.5. The van der Waals surface area contributed by atoms with Crippen molar-refractivity contribution in [2.24, 2.45) is 0 Å². The maximum atomic E-state index is 14.3. The van der Waals surface area contributed by atoms with Gasteiger partial charge in [-0.15, -0.1) is 0 Å². The third-order valence-electron chi connectivity index (χ3n) is 9.05. The van der Waals surface area contributed by atoms with E-state index in [0.29, 0.717) is 53.2 Å². The monoisotopic (exact) mass is 654 g/mol. The number of fused-ring (bicyclic) bond motifs is 4. The Labute approximate surface area is 268 Å². The van der Waals surface area contributed by atoms with Crippen LogP contribution in [-0.2, 0) is 32.9 Å². The first-order valence-electron chi connectivity index (χ1n) is 15.1. The van der Waals surface area contributed by atoms with Crippen LogP contribution in [0, 0.1) is 13.8 Å². The van der Waals surface area contributed by atoms with Gasteiger partial charge in [-0.2, -0.15) is 0 Å². The molecule has 7 rings (SSSR count). The molecule has 10 heteroatoms. The molecule has 0 bridgehead atoms. The van der Waals surface area contributed by atoms with Crippen LogP contribution in [0.3, 0.4) is 0 Å². The standard InChI is InChI=1S/C36H34N2O6S2/c1-23-5-12-29(13-6-23)45(39,40)37-33-17-10-27(43-3)19-26(33)21-36(37)25-9-16-34-31(20-25)32-22-28(44-4)11-18-35(32)38(34)46(41,42)30-14-7-24(2)8-15-30/h5-8,10-15,17-19,21-22,25H,9,16,20H2,1-4H3. The highest BCUT2D eigenvalue weighted by atomic mass is 32.2. The van der Waals surface area contributed by atoms with Gasteiger partial charge >= 0.3 is 0 Å². The second kappa shape index (κ2) is 11.1. The van der Waals surface area contributed by atoms with Crippen molar-refractivity contribution in [3.8, 4) is 11.5 Å². The van der Waals surface area contributed by atoms with E-state index in [2.05, 4.69) is 0 Å². The Morgan fingerprint density at radius 3 is 1.78 bits per heavy atom. The predicted molar refractivity (Wildman–Crippen MR) is 179 cm³/mol. The van der Waals surface area contributed by atoms with Gasteiger partial charge in [0, 0.05) is 28.1 Å². The lowest BCUT2D eigenvalue weighted by molar-refractivity contribution is 0.415. The van der Waals surface area contributed by atoms with Crippen LogP contribution in [0.25, 0.3) is 21.8 Å². The summed E-state index contributed by atoms with van der Waals surface area (Å²) in [5.41, 5.74) is 5.32. The number of aromatic nitrogens is 2. The predicted octanol–water partition coefficient (Wildman–Crippen LogP) is 6.98. The molecule has 0 amide bonds. The second-order valence-electron chi connectivity index (χ2n) is 11.9. The number of rotatable bonds is 7. The van der Waals surface area contributed by atoms with Crippen molar-refractivity contribution in [1.29, 1.82) is 0 Å². The summed E-state index contributed by atoms with van der Waals surface area (Å²) >= 11 is 0. The molecule has 1 aliphatic carbocycles. The lowest BCUT2D eigenvalue weighted by atomic mass is 9.84. The van der Waals surface area contributed by atoms with E-state index in [1.54, 1.807) is 87.0 Å². The van der Waals surface area contributed by atoms with Crippen molar-refractivity contribution in [3.63, 3.8) is 0 Å². The van der Waals surface area contributed by atoms with Gasteiger partial charge in [-0.1, -0.05) is 35.4 Å². The van der Waals surface area contributed by atoms with Gasteiger partial charge in [0.05, 0.1) is 35.0 Å². The fourth-order valence-corrected chi connectivity index (χ4v) is 9.85. The lowest BCUT2D eigenvalue weighted by Crippen LogP contribution is -2.23. The number of methoxy groups -OCH3 is 2. The van der Waals surface area contributed by atoms with Crippen molar-refractivity contribution in [2.75, 3.05) is 14.2 Å². The first kappa shape index (κ1) is 30.1. The van der Waals surface area contributed by atoms with E-state index in [9.17, 15) is 16.8 Å². The Bertz CT molecular complexity index is 2350. The normalized spacial score (nSPS) is 15.3. The van der Waals surface area contributed by atoms with E-state index in [1.807, 2.05) is 32.0 Å². The zero-order valence-electron chi connectivity index (χ0n) is 26.0. The summed E-state index contributed by atoms with van der Waals surface area (Å²) < 4.78 is 71.0. The highest BCUT2D eigenvalue weighted by molar-refractivity contribution is 7.90. The van der Waals surface area contributed by atoms with E-state index in [0.717, 1.165) is 27.5 Å². The zero-order valence-corrected chi connectivity index (χ0v) is 27.7. The molecular formula is C36H34N2O6S2. The Kier molecular flexibility index (Phi) is 7.25. The number of benzene rings is 4. The highest BCUT2D eigenvalue weighted by Crippen LogP contribution is 2.43. The molecule has 1 unspecified atom stereocenters. The summed E-state index contributed by atoms with van der Waals surface area (Å²) in [5, 5.41) is 1.53. The Balaban J connectivity index is 1.42. The summed E-state index contributed by atoms with van der Waals surface area (Å²) in [6.07, 6.45) is 1.45. The fraction of sp³-hybridized carbons (Fsp3) is 0.222. The summed E-state index contributed by atoms with van der Waals surface area (Å²) in [4.78, 5) is 0.420. The Morgan fingerprint density at radius 1 is 0.652 bits per heavy atom. The molecule has 0 fully saturated rings. The van der Waals surface area contributed by atoms with Gasteiger partial charge in [0.25, 0.3) is 20.0 Å². The van der Waals surface area contributed by atoms with Gasteiger partial charge < -0.3 is 9.47 Å². The zero-order chi connectivity index (χ0) is 32.4. The molecule has 0 spiro atoms. The number of aryl methyl sites for hydroxylation is 2. The third kappa shape index (κ3) is 4.78. The molecule has 0 saturated carbocycles. The van der Waals surface area contributed by atoms with Crippen LogP contribution < -0.4 is 9.47 Å². The van der Waals surface area contributed by atoms with Crippen LogP contribution in [0.2, 0.25) is 0 Å². The maximum Gasteiger partial charge on any atom is 0.268 e. The average Bonchev–Trinajstić information content (AvgIpc) is 3.61. The van der Waals surface area contributed by atoms with E-state index in [1.165, 1.54) is 7.94 Å². The van der Waals surface area contributed by atoms with Gasteiger partial charge in [0.15, 0.2) is 0 Å². The first-order valence-corrected chi connectivity index (χ1v) is 17.9. The van der Waals surface area contributed by atoms with Crippen LogP contribution in [0.1, 0.15) is 40.4 Å². The van der Waals surface area contributed by atoms with Crippen molar-refractivity contribution in [2.45, 2.75) is 48.8 Å². The van der Waals surface area contributed by atoms with Crippen LogP contribution >= 0.6 is 0 Å². The van der Waals surface area contributed by atoms with E-state index in [-0.39, 0.29) is 15.7 Å². The van der Waals surface area contributed by atoms with Crippen LogP contribution in [-0.4, -0.2) is 39.0 Å². The summed E-state index contributed by atoms with van der Waals surface area (Å²) in [7, 11) is -4.73. The van der Waals surface area contributed by atoms with Gasteiger partial charge in [0.2, 0.25) is 0 Å². The van der Waals surface area contributed by atoms with Gasteiger partial charge in [-0.25, -0.2) is 24.8 Å².